The van der Waals surface area contributed by atoms with Crippen LogP contribution in [0.2, 0.25) is 0 Å². The minimum atomic E-state index is -0.00816. The standard InChI is InChI=1S/C54H53N3/c1-52(2,3)36-23-26-41(27-24-36)56(43-22-16-21-42(34-43)55(39-17-12-10-13-18-39)40-19-14-11-15-20-40)44-28-30-50-46(35-44)48-33-38(54(7,8)9)32-47-45-31-37(53(4,5)6)25-29-49(45)57(50)51(47)48/h10-35H,1-9H3. The number of para-hydroxylation sites is 2. The molecule has 0 saturated carbocycles. The number of anilines is 6. The van der Waals surface area contributed by atoms with Gasteiger partial charge in [0.05, 0.1) is 16.6 Å². The SMILES string of the molecule is CC(C)(C)c1ccc(N(c2cccc(N(c3ccccc3)c3ccccc3)c2)c2ccc3c(c2)c2cc(C(C)(C)C)cc4c5cc(C(C)(C)C)ccc5n3c24)cc1. The quantitative estimate of drug-likeness (QED) is 0.168. The van der Waals surface area contributed by atoms with Crippen LogP contribution in [-0.4, -0.2) is 4.40 Å². The summed E-state index contributed by atoms with van der Waals surface area (Å²) in [6, 6.07) is 58.5. The number of hydrogen-bond acceptors (Lipinski definition) is 2. The lowest BCUT2D eigenvalue weighted by Crippen LogP contribution is -2.14. The highest BCUT2D eigenvalue weighted by Crippen LogP contribution is 2.46. The first-order valence-corrected chi connectivity index (χ1v) is 20.4. The third-order valence-corrected chi connectivity index (χ3v) is 11.7. The van der Waals surface area contributed by atoms with E-state index in [0.29, 0.717) is 0 Å². The lowest BCUT2D eigenvalue weighted by Gasteiger charge is -2.30. The second-order valence-electron chi connectivity index (χ2n) is 18.8. The van der Waals surface area contributed by atoms with Crippen LogP contribution in [0.1, 0.15) is 79.0 Å². The predicted molar refractivity (Wildman–Crippen MR) is 247 cm³/mol. The Labute approximate surface area is 338 Å². The fourth-order valence-electron chi connectivity index (χ4n) is 8.51. The van der Waals surface area contributed by atoms with Crippen LogP contribution in [0.5, 0.6) is 0 Å². The van der Waals surface area contributed by atoms with E-state index in [2.05, 4.69) is 234 Å². The van der Waals surface area contributed by atoms with E-state index in [9.17, 15) is 0 Å². The summed E-state index contributed by atoms with van der Waals surface area (Å²) in [4.78, 5) is 4.77. The summed E-state index contributed by atoms with van der Waals surface area (Å²) in [5.41, 5.74) is 14.6. The highest BCUT2D eigenvalue weighted by atomic mass is 15.2. The number of nitrogens with zero attached hydrogens (tertiary/aromatic N) is 3. The van der Waals surface area contributed by atoms with Crippen LogP contribution in [0.3, 0.4) is 0 Å². The van der Waals surface area contributed by atoms with E-state index in [1.165, 1.54) is 54.8 Å². The van der Waals surface area contributed by atoms with Gasteiger partial charge in [-0.3, -0.25) is 0 Å². The van der Waals surface area contributed by atoms with E-state index < -0.39 is 0 Å². The maximum atomic E-state index is 2.51. The normalized spacial score (nSPS) is 12.6. The average molecular weight is 744 g/mol. The summed E-state index contributed by atoms with van der Waals surface area (Å²) < 4.78 is 2.51. The highest BCUT2D eigenvalue weighted by molar-refractivity contribution is 6.24. The van der Waals surface area contributed by atoms with E-state index in [0.717, 1.165) is 34.1 Å². The van der Waals surface area contributed by atoms with Crippen molar-refractivity contribution in [3.8, 4) is 0 Å². The minimum Gasteiger partial charge on any atom is -0.310 e. The van der Waals surface area contributed by atoms with Crippen molar-refractivity contribution in [3.05, 3.63) is 174 Å². The zero-order valence-electron chi connectivity index (χ0n) is 34.9. The summed E-state index contributed by atoms with van der Waals surface area (Å²) in [7, 11) is 0. The van der Waals surface area contributed by atoms with E-state index in [4.69, 9.17) is 0 Å². The summed E-state index contributed by atoms with van der Waals surface area (Å²) in [5.74, 6) is 0. The van der Waals surface area contributed by atoms with Crippen molar-refractivity contribution in [1.29, 1.82) is 0 Å². The molecule has 9 rings (SSSR count). The molecule has 0 N–H and O–H groups in total. The fourth-order valence-corrected chi connectivity index (χ4v) is 8.51. The molecular formula is C54H53N3. The van der Waals surface area contributed by atoms with Gasteiger partial charge in [-0.2, -0.15) is 0 Å². The zero-order valence-corrected chi connectivity index (χ0v) is 34.9. The summed E-state index contributed by atoms with van der Waals surface area (Å²) in [5, 5.41) is 5.24. The number of fused-ring (bicyclic) bond motifs is 6. The maximum absolute atomic E-state index is 2.51. The molecule has 0 saturated heterocycles. The molecule has 0 bridgehead atoms. The first-order valence-electron chi connectivity index (χ1n) is 20.4. The van der Waals surface area contributed by atoms with Crippen molar-refractivity contribution in [2.45, 2.75) is 78.6 Å². The first kappa shape index (κ1) is 36.6. The van der Waals surface area contributed by atoms with Crippen molar-refractivity contribution in [2.75, 3.05) is 9.80 Å². The van der Waals surface area contributed by atoms with Crippen LogP contribution in [0.25, 0.3) is 38.1 Å². The molecule has 0 aliphatic rings. The second-order valence-corrected chi connectivity index (χ2v) is 18.8. The van der Waals surface area contributed by atoms with Crippen molar-refractivity contribution < 1.29 is 0 Å². The van der Waals surface area contributed by atoms with Gasteiger partial charge in [-0.15, -0.1) is 0 Å². The topological polar surface area (TPSA) is 10.9 Å². The molecule has 3 nitrogen and oxygen atoms in total. The van der Waals surface area contributed by atoms with Gasteiger partial charge in [-0.1, -0.05) is 123 Å². The van der Waals surface area contributed by atoms with Gasteiger partial charge in [-0.05, 0) is 130 Å². The summed E-state index contributed by atoms with van der Waals surface area (Å²) >= 11 is 0. The van der Waals surface area contributed by atoms with E-state index >= 15 is 0 Å². The second kappa shape index (κ2) is 13.3. The van der Waals surface area contributed by atoms with Crippen molar-refractivity contribution >= 4 is 72.2 Å². The lowest BCUT2D eigenvalue weighted by molar-refractivity contribution is 0.590. The van der Waals surface area contributed by atoms with Gasteiger partial charge in [0, 0.05) is 55.7 Å². The Balaban J connectivity index is 1.28. The lowest BCUT2D eigenvalue weighted by atomic mass is 9.84. The Morgan fingerprint density at radius 1 is 0.316 bits per heavy atom. The molecule has 0 aliphatic carbocycles. The van der Waals surface area contributed by atoms with Crippen LogP contribution in [0, 0.1) is 0 Å². The molecule has 3 heteroatoms. The first-order chi connectivity index (χ1) is 27.2. The maximum Gasteiger partial charge on any atom is 0.0620 e. The molecule has 2 aromatic heterocycles. The van der Waals surface area contributed by atoms with Crippen LogP contribution in [0.15, 0.2) is 158 Å². The molecule has 0 unspecified atom stereocenters. The van der Waals surface area contributed by atoms with Gasteiger partial charge in [0.25, 0.3) is 0 Å². The van der Waals surface area contributed by atoms with E-state index in [-0.39, 0.29) is 16.2 Å². The molecule has 0 fully saturated rings. The molecule has 0 atom stereocenters. The van der Waals surface area contributed by atoms with Crippen LogP contribution in [0.4, 0.5) is 34.1 Å². The Morgan fingerprint density at radius 2 is 0.702 bits per heavy atom. The van der Waals surface area contributed by atoms with Crippen molar-refractivity contribution in [1.82, 2.24) is 4.40 Å². The van der Waals surface area contributed by atoms with E-state index in [1.54, 1.807) is 0 Å². The van der Waals surface area contributed by atoms with Crippen molar-refractivity contribution in [3.63, 3.8) is 0 Å². The number of benzene rings is 7. The molecule has 9 aromatic rings. The molecular weight excluding hydrogens is 691 g/mol. The van der Waals surface area contributed by atoms with E-state index in [1.807, 2.05) is 0 Å². The van der Waals surface area contributed by atoms with Crippen LogP contribution in [-0.2, 0) is 16.2 Å². The van der Waals surface area contributed by atoms with Crippen LogP contribution >= 0.6 is 0 Å². The molecule has 0 amide bonds. The van der Waals surface area contributed by atoms with Crippen molar-refractivity contribution in [2.24, 2.45) is 0 Å². The van der Waals surface area contributed by atoms with Gasteiger partial charge < -0.3 is 14.2 Å². The smallest absolute Gasteiger partial charge is 0.0620 e. The number of aromatic nitrogens is 1. The predicted octanol–water partition coefficient (Wildman–Crippen LogP) is 15.7. The highest BCUT2D eigenvalue weighted by Gasteiger charge is 2.26. The fraction of sp³-hybridized carbons (Fsp3) is 0.222. The van der Waals surface area contributed by atoms with Gasteiger partial charge in [0.2, 0.25) is 0 Å². The molecule has 0 aliphatic heterocycles. The van der Waals surface area contributed by atoms with Gasteiger partial charge in [0.15, 0.2) is 0 Å². The third-order valence-electron chi connectivity index (χ3n) is 11.7. The number of rotatable bonds is 6. The summed E-state index contributed by atoms with van der Waals surface area (Å²) in [6.45, 7) is 20.7. The minimum absolute atomic E-state index is 0.00816. The van der Waals surface area contributed by atoms with Gasteiger partial charge in [-0.25, -0.2) is 0 Å². The molecule has 7 aromatic carbocycles. The number of hydrogen-bond donors (Lipinski definition) is 0. The van der Waals surface area contributed by atoms with Crippen LogP contribution < -0.4 is 9.80 Å². The average Bonchev–Trinajstić information content (AvgIpc) is 3.69. The molecule has 284 valence electrons. The molecule has 0 spiro atoms. The van der Waals surface area contributed by atoms with Gasteiger partial charge in [0.1, 0.15) is 0 Å². The Kier molecular flexibility index (Phi) is 8.51. The summed E-state index contributed by atoms with van der Waals surface area (Å²) in [6.07, 6.45) is 0. The monoisotopic (exact) mass is 743 g/mol. The largest absolute Gasteiger partial charge is 0.310 e. The Hall–Kier alpha value is -6.06. The molecule has 57 heavy (non-hydrogen) atoms. The third kappa shape index (κ3) is 6.40. The Morgan fingerprint density at radius 3 is 1.23 bits per heavy atom. The Bertz CT molecular complexity index is 2840. The molecule has 2 heterocycles. The molecule has 0 radical (unpaired) electrons. The zero-order chi connectivity index (χ0) is 39.9. The van der Waals surface area contributed by atoms with Gasteiger partial charge >= 0.3 is 0 Å².